The molecule has 1 aliphatic rings. The Bertz CT molecular complexity index is 284. The first kappa shape index (κ1) is 20.9. The largest absolute Gasteiger partial charge is 0.385 e. The summed E-state index contributed by atoms with van der Waals surface area (Å²) in [5.74, 6) is 0.810. The van der Waals surface area contributed by atoms with Crippen molar-refractivity contribution < 1.29 is 9.13 Å². The number of nitrogens with one attached hydrogen (secondary N) is 2. The molecular weight excluding hydrogens is 384 g/mol. The molecule has 1 fully saturated rings. The number of nitrogens with zero attached hydrogens (tertiary/aromatic N) is 1. The Labute approximate surface area is 145 Å². The van der Waals surface area contributed by atoms with Crippen molar-refractivity contribution in [1.82, 2.24) is 10.6 Å². The Kier molecular flexibility index (Phi) is 12.4. The number of rotatable bonds is 9. The van der Waals surface area contributed by atoms with Gasteiger partial charge in [-0.05, 0) is 38.0 Å². The van der Waals surface area contributed by atoms with Gasteiger partial charge < -0.3 is 15.4 Å². The fourth-order valence-corrected chi connectivity index (χ4v) is 2.79. The van der Waals surface area contributed by atoms with Gasteiger partial charge in [0.05, 0.1) is 6.67 Å². The van der Waals surface area contributed by atoms with Crippen molar-refractivity contribution in [1.29, 1.82) is 0 Å². The summed E-state index contributed by atoms with van der Waals surface area (Å²) in [4.78, 5) is 4.71. The van der Waals surface area contributed by atoms with E-state index in [9.17, 15) is 4.39 Å². The van der Waals surface area contributed by atoms with Gasteiger partial charge in [-0.25, -0.2) is 0 Å². The maximum Gasteiger partial charge on any atom is 0.191 e. The van der Waals surface area contributed by atoms with Gasteiger partial charge in [0, 0.05) is 33.4 Å². The van der Waals surface area contributed by atoms with Crippen molar-refractivity contribution >= 4 is 29.9 Å². The van der Waals surface area contributed by atoms with Crippen LogP contribution in [0.5, 0.6) is 0 Å². The van der Waals surface area contributed by atoms with Crippen molar-refractivity contribution in [3.63, 3.8) is 0 Å². The van der Waals surface area contributed by atoms with Gasteiger partial charge in [-0.15, -0.1) is 24.0 Å². The Morgan fingerprint density at radius 1 is 1.29 bits per heavy atom. The highest BCUT2D eigenvalue weighted by Crippen LogP contribution is 2.41. The summed E-state index contributed by atoms with van der Waals surface area (Å²) in [5, 5.41) is 6.41. The number of methoxy groups -OCH3 is 1. The zero-order valence-corrected chi connectivity index (χ0v) is 15.8. The van der Waals surface area contributed by atoms with E-state index in [2.05, 4.69) is 10.6 Å². The van der Waals surface area contributed by atoms with E-state index in [1.165, 1.54) is 25.7 Å². The van der Waals surface area contributed by atoms with Crippen LogP contribution in [0.3, 0.4) is 0 Å². The molecule has 0 spiro atoms. The van der Waals surface area contributed by atoms with Gasteiger partial charge >= 0.3 is 0 Å². The van der Waals surface area contributed by atoms with E-state index in [1.54, 1.807) is 7.11 Å². The van der Waals surface area contributed by atoms with Crippen LogP contribution in [-0.4, -0.2) is 46.0 Å². The highest BCUT2D eigenvalue weighted by atomic mass is 127. The molecule has 1 saturated carbocycles. The molecule has 0 amide bonds. The van der Waals surface area contributed by atoms with Gasteiger partial charge in [0.15, 0.2) is 5.96 Å². The molecule has 2 N–H and O–H groups in total. The third-order valence-corrected chi connectivity index (χ3v) is 4.02. The van der Waals surface area contributed by atoms with Crippen molar-refractivity contribution in [2.45, 2.75) is 45.4 Å². The summed E-state index contributed by atoms with van der Waals surface area (Å²) in [7, 11) is 1.76. The number of hydrogen-bond acceptors (Lipinski definition) is 2. The minimum atomic E-state index is -0.288. The minimum Gasteiger partial charge on any atom is -0.385 e. The second-order valence-electron chi connectivity index (χ2n) is 5.61. The number of halogens is 2. The Morgan fingerprint density at radius 3 is 2.57 bits per heavy atom. The predicted octanol–water partition coefficient (Wildman–Crippen LogP) is 3.12. The van der Waals surface area contributed by atoms with E-state index in [1.807, 2.05) is 6.92 Å². The van der Waals surface area contributed by atoms with E-state index < -0.39 is 0 Å². The van der Waals surface area contributed by atoms with Crippen LogP contribution in [0.15, 0.2) is 4.99 Å². The first-order valence-corrected chi connectivity index (χ1v) is 7.83. The monoisotopic (exact) mass is 415 g/mol. The van der Waals surface area contributed by atoms with Gasteiger partial charge in [0.1, 0.15) is 0 Å². The molecule has 0 bridgehead atoms. The summed E-state index contributed by atoms with van der Waals surface area (Å²) in [5.41, 5.74) is 0.304. The summed E-state index contributed by atoms with van der Waals surface area (Å²) in [6.07, 6.45) is 6.68. The van der Waals surface area contributed by atoms with Gasteiger partial charge in [-0.3, -0.25) is 9.38 Å². The standard InChI is InChI=1S/C15H30FN3O.HI/c1-3-17-14(18-11-6-10-16)19-13-15(9-12-20-2)7-4-5-8-15;/h3-13H2,1-2H3,(H2,17,18,19);1H. The molecule has 21 heavy (non-hydrogen) atoms. The fraction of sp³-hybridized carbons (Fsp3) is 0.933. The van der Waals surface area contributed by atoms with E-state index in [4.69, 9.17) is 9.73 Å². The molecule has 0 heterocycles. The maximum atomic E-state index is 12.1. The zero-order chi connectivity index (χ0) is 14.7. The fourth-order valence-electron chi connectivity index (χ4n) is 2.79. The van der Waals surface area contributed by atoms with E-state index >= 15 is 0 Å². The molecule has 1 aliphatic carbocycles. The quantitative estimate of drug-likeness (QED) is 0.263. The van der Waals surface area contributed by atoms with Gasteiger partial charge in [0.2, 0.25) is 0 Å². The smallest absolute Gasteiger partial charge is 0.191 e. The van der Waals surface area contributed by atoms with Gasteiger partial charge in [-0.1, -0.05) is 12.8 Å². The van der Waals surface area contributed by atoms with E-state index in [0.29, 0.717) is 18.4 Å². The Morgan fingerprint density at radius 2 is 2.00 bits per heavy atom. The summed E-state index contributed by atoms with van der Waals surface area (Å²) >= 11 is 0. The zero-order valence-electron chi connectivity index (χ0n) is 13.4. The van der Waals surface area contributed by atoms with Crippen LogP contribution in [0, 0.1) is 5.41 Å². The number of hydrogen-bond donors (Lipinski definition) is 2. The molecular formula is C15H31FIN3O. The van der Waals surface area contributed by atoms with Crippen LogP contribution >= 0.6 is 24.0 Å². The summed E-state index contributed by atoms with van der Waals surface area (Å²) in [6.45, 7) is 4.86. The average molecular weight is 415 g/mol. The molecule has 0 atom stereocenters. The van der Waals surface area contributed by atoms with Crippen LogP contribution in [0.2, 0.25) is 0 Å². The second kappa shape index (κ2) is 12.4. The maximum absolute atomic E-state index is 12.1. The van der Waals surface area contributed by atoms with Crippen molar-refractivity contribution in [2.75, 3.05) is 40.0 Å². The molecule has 0 aliphatic heterocycles. The summed E-state index contributed by atoms with van der Waals surface area (Å²) < 4.78 is 17.4. The van der Waals surface area contributed by atoms with Crippen LogP contribution < -0.4 is 10.6 Å². The molecule has 126 valence electrons. The van der Waals surface area contributed by atoms with Crippen molar-refractivity contribution in [3.8, 4) is 0 Å². The topological polar surface area (TPSA) is 45.7 Å². The lowest BCUT2D eigenvalue weighted by Gasteiger charge is -2.27. The third-order valence-electron chi connectivity index (χ3n) is 4.02. The minimum absolute atomic E-state index is 0. The second-order valence-corrected chi connectivity index (χ2v) is 5.61. The first-order valence-electron chi connectivity index (χ1n) is 7.83. The SMILES string of the molecule is CCNC(=NCC1(CCOC)CCCC1)NCCCF.I. The number of guanidine groups is 1. The molecule has 0 radical (unpaired) electrons. The normalized spacial score (nSPS) is 17.4. The van der Waals surface area contributed by atoms with E-state index in [-0.39, 0.29) is 30.7 Å². The lowest BCUT2D eigenvalue weighted by molar-refractivity contribution is 0.141. The molecule has 1 rings (SSSR count). The predicted molar refractivity (Wildman–Crippen MR) is 97.4 cm³/mol. The van der Waals surface area contributed by atoms with Crippen molar-refractivity contribution in [3.05, 3.63) is 0 Å². The van der Waals surface area contributed by atoms with Gasteiger partial charge in [-0.2, -0.15) is 0 Å². The molecule has 4 nitrogen and oxygen atoms in total. The molecule has 0 aromatic heterocycles. The average Bonchev–Trinajstić information content (AvgIpc) is 2.92. The van der Waals surface area contributed by atoms with E-state index in [0.717, 1.165) is 32.1 Å². The Hall–Kier alpha value is -0.110. The molecule has 0 saturated heterocycles. The molecule has 6 heteroatoms. The summed E-state index contributed by atoms with van der Waals surface area (Å²) in [6, 6.07) is 0. The number of ether oxygens (including phenoxy) is 1. The highest BCUT2D eigenvalue weighted by molar-refractivity contribution is 14.0. The third kappa shape index (κ3) is 8.18. The van der Waals surface area contributed by atoms with Gasteiger partial charge in [0.25, 0.3) is 0 Å². The van der Waals surface area contributed by atoms with Crippen LogP contribution in [0.1, 0.15) is 45.4 Å². The lowest BCUT2D eigenvalue weighted by atomic mass is 9.83. The molecule has 0 unspecified atom stereocenters. The van der Waals surface area contributed by atoms with Crippen LogP contribution in [0.4, 0.5) is 4.39 Å². The number of alkyl halides is 1. The van der Waals surface area contributed by atoms with Crippen molar-refractivity contribution in [2.24, 2.45) is 10.4 Å². The highest BCUT2D eigenvalue weighted by Gasteiger charge is 2.33. The van der Waals surface area contributed by atoms with Crippen LogP contribution in [0.25, 0.3) is 0 Å². The van der Waals surface area contributed by atoms with Crippen LogP contribution in [-0.2, 0) is 4.74 Å². The molecule has 0 aromatic rings. The first-order chi connectivity index (χ1) is 9.76. The Balaban J connectivity index is 0.00000400. The lowest BCUT2D eigenvalue weighted by Crippen LogP contribution is -2.39. The molecule has 0 aromatic carbocycles. The number of aliphatic imine (C=N–C) groups is 1.